The van der Waals surface area contributed by atoms with Gasteiger partial charge < -0.3 is 19.7 Å². The third-order valence-electron chi connectivity index (χ3n) is 3.06. The van der Waals surface area contributed by atoms with E-state index in [9.17, 15) is 4.79 Å². The molecule has 5 heteroatoms. The molecule has 0 aliphatic heterocycles. The maximum atomic E-state index is 12.2. The van der Waals surface area contributed by atoms with E-state index in [-0.39, 0.29) is 12.5 Å². The van der Waals surface area contributed by atoms with E-state index in [0.29, 0.717) is 38.7 Å². The zero-order chi connectivity index (χ0) is 16.9. The largest absolute Gasteiger partial charge is 0.489 e. The number of benzene rings is 1. The zero-order valence-electron chi connectivity index (χ0n) is 13.8. The van der Waals surface area contributed by atoms with Crippen LogP contribution in [-0.4, -0.2) is 50.3 Å². The lowest BCUT2D eigenvalue weighted by atomic mass is 10.3. The van der Waals surface area contributed by atoms with Crippen molar-refractivity contribution in [2.75, 3.05) is 44.8 Å². The Kier molecular flexibility index (Phi) is 9.24. The van der Waals surface area contributed by atoms with E-state index in [0.717, 1.165) is 5.69 Å². The van der Waals surface area contributed by atoms with Crippen LogP contribution in [0.2, 0.25) is 0 Å². The van der Waals surface area contributed by atoms with E-state index in [1.807, 2.05) is 31.2 Å². The molecule has 0 radical (unpaired) electrons. The summed E-state index contributed by atoms with van der Waals surface area (Å²) in [6, 6.07) is 7.54. The summed E-state index contributed by atoms with van der Waals surface area (Å²) in [5, 5.41) is 3.13. The van der Waals surface area contributed by atoms with Crippen molar-refractivity contribution in [3.05, 3.63) is 49.6 Å². The van der Waals surface area contributed by atoms with E-state index in [1.165, 1.54) is 0 Å². The van der Waals surface area contributed by atoms with Gasteiger partial charge in [-0.15, -0.1) is 13.2 Å². The fourth-order valence-electron chi connectivity index (χ4n) is 1.97. The predicted molar refractivity (Wildman–Crippen MR) is 93.9 cm³/mol. The van der Waals surface area contributed by atoms with Crippen molar-refractivity contribution in [3.63, 3.8) is 0 Å². The molecule has 0 atom stereocenters. The van der Waals surface area contributed by atoms with Crippen LogP contribution in [0.5, 0.6) is 5.75 Å². The minimum Gasteiger partial charge on any atom is -0.489 e. The van der Waals surface area contributed by atoms with Crippen molar-refractivity contribution in [2.24, 2.45) is 0 Å². The maximum absolute atomic E-state index is 12.2. The molecule has 1 aromatic carbocycles. The summed E-state index contributed by atoms with van der Waals surface area (Å²) in [7, 11) is 0. The van der Waals surface area contributed by atoms with Crippen LogP contribution in [0.15, 0.2) is 49.6 Å². The number of para-hydroxylation sites is 2. The van der Waals surface area contributed by atoms with Crippen molar-refractivity contribution in [2.45, 2.75) is 6.92 Å². The summed E-state index contributed by atoms with van der Waals surface area (Å²) in [4.78, 5) is 13.9. The van der Waals surface area contributed by atoms with Crippen LogP contribution in [0.1, 0.15) is 6.92 Å². The lowest BCUT2D eigenvalue weighted by molar-refractivity contribution is -0.128. The van der Waals surface area contributed by atoms with Crippen LogP contribution < -0.4 is 10.1 Å². The van der Waals surface area contributed by atoms with Crippen LogP contribution >= 0.6 is 0 Å². The highest BCUT2D eigenvalue weighted by atomic mass is 16.5. The Morgan fingerprint density at radius 3 is 2.57 bits per heavy atom. The van der Waals surface area contributed by atoms with Crippen molar-refractivity contribution < 1.29 is 14.3 Å². The highest BCUT2D eigenvalue weighted by molar-refractivity contribution is 5.81. The molecule has 5 nitrogen and oxygen atoms in total. The smallest absolute Gasteiger partial charge is 0.242 e. The van der Waals surface area contributed by atoms with Gasteiger partial charge in [0.1, 0.15) is 12.4 Å². The Hall–Kier alpha value is -2.27. The first-order chi connectivity index (χ1) is 11.2. The number of nitrogens with one attached hydrogen (secondary N) is 1. The number of rotatable bonds is 12. The quantitative estimate of drug-likeness (QED) is 0.475. The third-order valence-corrected chi connectivity index (χ3v) is 3.06. The first-order valence-corrected chi connectivity index (χ1v) is 7.75. The molecule has 0 fully saturated rings. The average Bonchev–Trinajstić information content (AvgIpc) is 2.57. The molecule has 23 heavy (non-hydrogen) atoms. The van der Waals surface area contributed by atoms with Crippen LogP contribution in [0.25, 0.3) is 0 Å². The monoisotopic (exact) mass is 318 g/mol. The molecule has 0 bridgehead atoms. The lowest BCUT2D eigenvalue weighted by Gasteiger charge is -2.20. The van der Waals surface area contributed by atoms with E-state index < -0.39 is 0 Å². The minimum absolute atomic E-state index is 0.0195. The van der Waals surface area contributed by atoms with Gasteiger partial charge in [0.25, 0.3) is 0 Å². The van der Waals surface area contributed by atoms with Gasteiger partial charge in [-0.3, -0.25) is 4.79 Å². The Bertz CT molecular complexity index is 493. The van der Waals surface area contributed by atoms with Gasteiger partial charge in [-0.25, -0.2) is 0 Å². The number of amides is 1. The Balaban J connectivity index is 2.57. The number of nitrogens with zero attached hydrogens (tertiary/aromatic N) is 1. The van der Waals surface area contributed by atoms with Crippen LogP contribution in [0.3, 0.4) is 0 Å². The standard InChI is InChI=1S/C18H26N2O3/c1-4-11-20(12-5-2)18(21)15-19-16-9-7-8-10-17(16)23-14-13-22-6-3/h4-5,7-10,19H,1-2,6,11-15H2,3H3. The van der Waals surface area contributed by atoms with Crippen LogP contribution in [-0.2, 0) is 9.53 Å². The Morgan fingerprint density at radius 1 is 1.22 bits per heavy atom. The van der Waals surface area contributed by atoms with Gasteiger partial charge in [-0.1, -0.05) is 24.3 Å². The molecule has 0 saturated carbocycles. The number of carbonyl (C=O) groups excluding carboxylic acids is 1. The first-order valence-electron chi connectivity index (χ1n) is 7.75. The minimum atomic E-state index is -0.0195. The molecule has 0 unspecified atom stereocenters. The predicted octanol–water partition coefficient (Wildman–Crippen LogP) is 2.71. The van der Waals surface area contributed by atoms with E-state index in [2.05, 4.69) is 18.5 Å². The number of hydrogen-bond acceptors (Lipinski definition) is 4. The molecule has 1 amide bonds. The molecule has 1 rings (SSSR count). The zero-order valence-corrected chi connectivity index (χ0v) is 13.8. The third kappa shape index (κ3) is 7.02. The van der Waals surface area contributed by atoms with Crippen molar-refractivity contribution in [1.29, 1.82) is 0 Å². The summed E-state index contributed by atoms with van der Waals surface area (Å²) in [6.45, 7) is 12.1. The molecular weight excluding hydrogens is 292 g/mol. The average molecular weight is 318 g/mol. The topological polar surface area (TPSA) is 50.8 Å². The fourth-order valence-corrected chi connectivity index (χ4v) is 1.97. The van der Waals surface area contributed by atoms with Gasteiger partial charge in [-0.05, 0) is 19.1 Å². The second-order valence-electron chi connectivity index (χ2n) is 4.77. The van der Waals surface area contributed by atoms with Gasteiger partial charge >= 0.3 is 0 Å². The normalized spacial score (nSPS) is 9.96. The van der Waals surface area contributed by atoms with E-state index in [1.54, 1.807) is 17.1 Å². The first kappa shape index (κ1) is 18.8. The highest BCUT2D eigenvalue weighted by Crippen LogP contribution is 2.23. The van der Waals surface area contributed by atoms with Gasteiger partial charge in [-0.2, -0.15) is 0 Å². The number of ether oxygens (including phenoxy) is 2. The summed E-state index contributed by atoms with van der Waals surface area (Å²) in [5.41, 5.74) is 0.787. The number of hydrogen-bond donors (Lipinski definition) is 1. The second-order valence-corrected chi connectivity index (χ2v) is 4.77. The molecule has 0 heterocycles. The summed E-state index contributed by atoms with van der Waals surface area (Å²) < 4.78 is 10.9. The van der Waals surface area contributed by atoms with Gasteiger partial charge in [0, 0.05) is 19.7 Å². The molecule has 126 valence electrons. The van der Waals surface area contributed by atoms with Crippen molar-refractivity contribution in [3.8, 4) is 5.75 Å². The van der Waals surface area contributed by atoms with E-state index >= 15 is 0 Å². The highest BCUT2D eigenvalue weighted by Gasteiger charge is 2.11. The number of carbonyl (C=O) groups is 1. The molecule has 0 spiro atoms. The van der Waals surface area contributed by atoms with Gasteiger partial charge in [0.2, 0.25) is 5.91 Å². The summed E-state index contributed by atoms with van der Waals surface area (Å²) in [6.07, 6.45) is 3.40. The molecule has 0 saturated heterocycles. The molecule has 0 aliphatic rings. The van der Waals surface area contributed by atoms with Crippen LogP contribution in [0.4, 0.5) is 5.69 Å². The van der Waals surface area contributed by atoms with Gasteiger partial charge in [0.15, 0.2) is 0 Å². The molecule has 0 aromatic heterocycles. The summed E-state index contributed by atoms with van der Waals surface area (Å²) in [5.74, 6) is 0.688. The number of anilines is 1. The molecule has 0 aliphatic carbocycles. The Morgan fingerprint density at radius 2 is 1.91 bits per heavy atom. The molecule has 1 aromatic rings. The van der Waals surface area contributed by atoms with Crippen molar-refractivity contribution >= 4 is 11.6 Å². The fraction of sp³-hybridized carbons (Fsp3) is 0.389. The SMILES string of the molecule is C=CCN(CC=C)C(=O)CNc1ccccc1OCCOCC. The van der Waals surface area contributed by atoms with Crippen molar-refractivity contribution in [1.82, 2.24) is 4.90 Å². The van der Waals surface area contributed by atoms with Crippen LogP contribution in [0, 0.1) is 0 Å². The Labute approximate surface area is 138 Å². The molecule has 1 N–H and O–H groups in total. The maximum Gasteiger partial charge on any atom is 0.242 e. The summed E-state index contributed by atoms with van der Waals surface area (Å²) >= 11 is 0. The molecular formula is C18H26N2O3. The second kappa shape index (κ2) is 11.3. The van der Waals surface area contributed by atoms with Gasteiger partial charge in [0.05, 0.1) is 18.8 Å². The lowest BCUT2D eigenvalue weighted by Crippen LogP contribution is -2.35. The van der Waals surface area contributed by atoms with E-state index in [4.69, 9.17) is 9.47 Å².